The average Bonchev–Trinajstić information content (AvgIpc) is 2.75. The zero-order valence-corrected chi connectivity index (χ0v) is 11.0. The van der Waals surface area contributed by atoms with Gasteiger partial charge in [0.1, 0.15) is 0 Å². The molecule has 0 bridgehead atoms. The third-order valence-corrected chi connectivity index (χ3v) is 3.58. The van der Waals surface area contributed by atoms with Crippen molar-refractivity contribution < 1.29 is 0 Å². The van der Waals surface area contributed by atoms with Crippen molar-refractivity contribution in [1.82, 2.24) is 0 Å². The molecule has 0 amide bonds. The van der Waals surface area contributed by atoms with Crippen LogP contribution in [0.1, 0.15) is 25.3 Å². The second kappa shape index (κ2) is 4.92. The van der Waals surface area contributed by atoms with E-state index in [-0.39, 0.29) is 0 Å². The smallest absolute Gasteiger partial charge is 0.0424 e. The van der Waals surface area contributed by atoms with Crippen molar-refractivity contribution in [3.63, 3.8) is 0 Å². The molecule has 15 heavy (non-hydrogen) atoms. The molecular weight excluding hydrogens is 297 g/mol. The summed E-state index contributed by atoms with van der Waals surface area (Å²) in [6.07, 6.45) is 4.52. The van der Waals surface area contributed by atoms with E-state index in [0.717, 1.165) is 13.0 Å². The maximum atomic E-state index is 4.57. The number of hydrogen-bond acceptors (Lipinski definition) is 1. The fraction of sp³-hybridized carbons (Fsp3) is 0.308. The maximum Gasteiger partial charge on any atom is 0.0424 e. The van der Waals surface area contributed by atoms with Gasteiger partial charge in [0.15, 0.2) is 0 Å². The van der Waals surface area contributed by atoms with Gasteiger partial charge in [-0.2, -0.15) is 0 Å². The summed E-state index contributed by atoms with van der Waals surface area (Å²) in [6.45, 7) is 3.09. The van der Waals surface area contributed by atoms with Crippen LogP contribution in [0.15, 0.2) is 35.3 Å². The van der Waals surface area contributed by atoms with Crippen LogP contribution in [0.25, 0.3) is 5.57 Å². The standard InChI is InChI=1S/C13H14IN/c1-2-10(13-8-5-9-15-13)11-6-3-4-7-12(11)14/h2-4,6-7H,5,8-9H2,1H3/b10-2+. The summed E-state index contributed by atoms with van der Waals surface area (Å²) < 4.78 is 1.30. The van der Waals surface area contributed by atoms with E-state index in [1.807, 2.05) is 0 Å². The Hall–Kier alpha value is -0.640. The Bertz CT molecular complexity index is 418. The van der Waals surface area contributed by atoms with Gasteiger partial charge in [0.05, 0.1) is 0 Å². The van der Waals surface area contributed by atoms with E-state index in [1.54, 1.807) is 0 Å². The first-order chi connectivity index (χ1) is 7.33. The summed E-state index contributed by atoms with van der Waals surface area (Å²) >= 11 is 2.39. The van der Waals surface area contributed by atoms with E-state index < -0.39 is 0 Å². The Kier molecular flexibility index (Phi) is 3.57. The van der Waals surface area contributed by atoms with Gasteiger partial charge >= 0.3 is 0 Å². The van der Waals surface area contributed by atoms with Crippen molar-refractivity contribution in [2.75, 3.05) is 6.54 Å². The lowest BCUT2D eigenvalue weighted by atomic mass is 9.99. The summed E-state index contributed by atoms with van der Waals surface area (Å²) in [5, 5.41) is 0. The first kappa shape index (κ1) is 10.9. The van der Waals surface area contributed by atoms with Crippen LogP contribution in [0.2, 0.25) is 0 Å². The van der Waals surface area contributed by atoms with Gasteiger partial charge in [0.2, 0.25) is 0 Å². The number of hydrogen-bond donors (Lipinski definition) is 0. The minimum Gasteiger partial charge on any atom is -0.289 e. The van der Waals surface area contributed by atoms with Gasteiger partial charge in [-0.15, -0.1) is 0 Å². The van der Waals surface area contributed by atoms with Crippen LogP contribution in [0.3, 0.4) is 0 Å². The van der Waals surface area contributed by atoms with E-state index in [0.29, 0.717) is 0 Å². The molecule has 0 saturated carbocycles. The Morgan fingerprint density at radius 1 is 1.40 bits per heavy atom. The van der Waals surface area contributed by atoms with Gasteiger partial charge in [-0.05, 0) is 59.6 Å². The summed E-state index contributed by atoms with van der Waals surface area (Å²) in [5.41, 5.74) is 3.92. The normalized spacial score (nSPS) is 16.7. The number of aliphatic imine (C=N–C) groups is 1. The first-order valence-electron chi connectivity index (χ1n) is 5.28. The molecule has 2 rings (SSSR count). The average molecular weight is 311 g/mol. The molecule has 1 aliphatic heterocycles. The third-order valence-electron chi connectivity index (χ3n) is 2.64. The minimum absolute atomic E-state index is 0.996. The number of rotatable bonds is 2. The third kappa shape index (κ3) is 2.30. The highest BCUT2D eigenvalue weighted by atomic mass is 127. The topological polar surface area (TPSA) is 12.4 Å². The lowest BCUT2D eigenvalue weighted by molar-refractivity contribution is 0.951. The molecule has 0 spiro atoms. The molecule has 2 heteroatoms. The predicted octanol–water partition coefficient (Wildman–Crippen LogP) is 3.93. The van der Waals surface area contributed by atoms with Crippen molar-refractivity contribution >= 4 is 33.9 Å². The molecule has 0 atom stereocenters. The van der Waals surface area contributed by atoms with Crippen molar-refractivity contribution in [3.8, 4) is 0 Å². The van der Waals surface area contributed by atoms with Crippen LogP contribution < -0.4 is 0 Å². The molecule has 0 N–H and O–H groups in total. The van der Waals surface area contributed by atoms with Crippen LogP contribution in [0, 0.1) is 3.57 Å². The predicted molar refractivity (Wildman–Crippen MR) is 74.3 cm³/mol. The van der Waals surface area contributed by atoms with Gasteiger partial charge in [0, 0.05) is 15.8 Å². The van der Waals surface area contributed by atoms with Crippen LogP contribution in [-0.2, 0) is 0 Å². The van der Waals surface area contributed by atoms with E-state index in [1.165, 1.54) is 26.8 Å². The Balaban J connectivity index is 2.40. The Labute approximate surface area is 104 Å². The van der Waals surface area contributed by atoms with E-state index in [2.05, 4.69) is 64.8 Å². The van der Waals surface area contributed by atoms with Crippen LogP contribution in [0.4, 0.5) is 0 Å². The largest absolute Gasteiger partial charge is 0.289 e. The molecule has 1 aromatic rings. The van der Waals surface area contributed by atoms with E-state index in [9.17, 15) is 0 Å². The summed E-state index contributed by atoms with van der Waals surface area (Å²) in [4.78, 5) is 4.57. The first-order valence-corrected chi connectivity index (χ1v) is 6.35. The fourth-order valence-electron chi connectivity index (χ4n) is 1.92. The number of halogens is 1. The fourth-order valence-corrected chi connectivity index (χ4v) is 2.59. The molecule has 0 unspecified atom stereocenters. The summed E-state index contributed by atoms with van der Waals surface area (Å²) in [7, 11) is 0. The monoisotopic (exact) mass is 311 g/mol. The number of allylic oxidation sites excluding steroid dienone is 2. The highest BCUT2D eigenvalue weighted by Gasteiger charge is 2.14. The van der Waals surface area contributed by atoms with E-state index >= 15 is 0 Å². The zero-order valence-electron chi connectivity index (χ0n) is 8.83. The number of nitrogens with zero attached hydrogens (tertiary/aromatic N) is 1. The molecule has 0 fully saturated rings. The number of benzene rings is 1. The molecule has 0 saturated heterocycles. The lowest BCUT2D eigenvalue weighted by Gasteiger charge is -2.09. The molecule has 1 nitrogen and oxygen atoms in total. The molecule has 0 aromatic heterocycles. The maximum absolute atomic E-state index is 4.57. The summed E-state index contributed by atoms with van der Waals surface area (Å²) in [6, 6.07) is 8.50. The quantitative estimate of drug-likeness (QED) is 0.734. The van der Waals surface area contributed by atoms with Gasteiger partial charge in [-0.1, -0.05) is 24.3 Å². The van der Waals surface area contributed by atoms with Gasteiger partial charge < -0.3 is 0 Å². The minimum atomic E-state index is 0.996. The van der Waals surface area contributed by atoms with E-state index in [4.69, 9.17) is 0 Å². The van der Waals surface area contributed by atoms with Gasteiger partial charge in [-0.25, -0.2) is 0 Å². The van der Waals surface area contributed by atoms with Crippen molar-refractivity contribution in [1.29, 1.82) is 0 Å². The molecular formula is C13H14IN. The van der Waals surface area contributed by atoms with Crippen LogP contribution >= 0.6 is 22.6 Å². The second-order valence-electron chi connectivity index (χ2n) is 3.61. The van der Waals surface area contributed by atoms with Gasteiger partial charge in [-0.3, -0.25) is 4.99 Å². The molecule has 1 heterocycles. The van der Waals surface area contributed by atoms with Gasteiger partial charge in [0.25, 0.3) is 0 Å². The van der Waals surface area contributed by atoms with Crippen molar-refractivity contribution in [2.45, 2.75) is 19.8 Å². The van der Waals surface area contributed by atoms with Crippen molar-refractivity contribution in [3.05, 3.63) is 39.5 Å². The van der Waals surface area contributed by atoms with Crippen LogP contribution in [0.5, 0.6) is 0 Å². The molecule has 0 aliphatic carbocycles. The molecule has 0 radical (unpaired) electrons. The lowest BCUT2D eigenvalue weighted by Crippen LogP contribution is -1.99. The Morgan fingerprint density at radius 3 is 2.80 bits per heavy atom. The molecule has 78 valence electrons. The molecule has 1 aliphatic rings. The SMILES string of the molecule is C/C=C(/C1=NCCC1)c1ccccc1I. The van der Waals surface area contributed by atoms with Crippen molar-refractivity contribution in [2.24, 2.45) is 4.99 Å². The zero-order chi connectivity index (χ0) is 10.7. The summed E-state index contributed by atoms with van der Waals surface area (Å²) in [5.74, 6) is 0. The highest BCUT2D eigenvalue weighted by molar-refractivity contribution is 14.1. The molecule has 1 aromatic carbocycles. The van der Waals surface area contributed by atoms with Crippen LogP contribution in [-0.4, -0.2) is 12.3 Å². The highest BCUT2D eigenvalue weighted by Crippen LogP contribution is 2.25. The second-order valence-corrected chi connectivity index (χ2v) is 4.78. The Morgan fingerprint density at radius 2 is 2.20 bits per heavy atom.